The topological polar surface area (TPSA) is 44.4 Å². The van der Waals surface area contributed by atoms with Gasteiger partial charge in [-0.3, -0.25) is 4.79 Å². The van der Waals surface area contributed by atoms with Crippen molar-refractivity contribution in [3.05, 3.63) is 59.2 Å². The van der Waals surface area contributed by atoms with Crippen LogP contribution in [0.3, 0.4) is 0 Å². The van der Waals surface area contributed by atoms with Crippen molar-refractivity contribution in [3.63, 3.8) is 0 Å². The molecule has 2 N–H and O–H groups in total. The Morgan fingerprint density at radius 1 is 0.920 bits per heavy atom. The molecule has 0 aliphatic carbocycles. The lowest BCUT2D eigenvalue weighted by molar-refractivity contribution is 0.0773. The van der Waals surface area contributed by atoms with Crippen LogP contribution < -0.4 is 10.6 Å². The van der Waals surface area contributed by atoms with Crippen LogP contribution in [0.15, 0.2) is 42.5 Å². The molecule has 0 spiro atoms. The lowest BCUT2D eigenvalue weighted by atomic mass is 10.1. The maximum Gasteiger partial charge on any atom is 0.253 e. The number of benzene rings is 2. The predicted molar refractivity (Wildman–Crippen MR) is 109 cm³/mol. The van der Waals surface area contributed by atoms with Crippen LogP contribution >= 0.6 is 12.2 Å². The zero-order chi connectivity index (χ0) is 18.4. The molecule has 0 unspecified atom stereocenters. The first kappa shape index (κ1) is 18.9. The second-order valence-corrected chi connectivity index (χ2v) is 6.34. The zero-order valence-corrected chi connectivity index (χ0v) is 16.0. The number of thiocarbonyl (C=S) groups is 1. The molecular formula is C20H25N3OS. The van der Waals surface area contributed by atoms with Crippen molar-refractivity contribution in [1.29, 1.82) is 0 Å². The molecule has 0 atom stereocenters. The number of carbonyl (C=O) groups is 1. The number of hydrogen-bond donors (Lipinski definition) is 2. The lowest BCUT2D eigenvalue weighted by Gasteiger charge is -2.18. The first-order valence-electron chi connectivity index (χ1n) is 8.49. The number of nitrogens with one attached hydrogen (secondary N) is 2. The van der Waals surface area contributed by atoms with Gasteiger partial charge >= 0.3 is 0 Å². The van der Waals surface area contributed by atoms with Crippen molar-refractivity contribution in [1.82, 2.24) is 4.90 Å². The molecule has 0 aromatic heterocycles. The van der Waals surface area contributed by atoms with Gasteiger partial charge in [-0.25, -0.2) is 0 Å². The molecule has 2 rings (SSSR count). The highest BCUT2D eigenvalue weighted by Crippen LogP contribution is 2.16. The number of hydrogen-bond acceptors (Lipinski definition) is 2. The van der Waals surface area contributed by atoms with E-state index in [0.29, 0.717) is 23.8 Å². The molecule has 0 fully saturated rings. The van der Waals surface area contributed by atoms with Gasteiger partial charge in [-0.05, 0) is 87.4 Å². The number of amides is 1. The van der Waals surface area contributed by atoms with E-state index in [1.54, 1.807) is 4.90 Å². The number of rotatable bonds is 5. The molecule has 0 bridgehead atoms. The van der Waals surface area contributed by atoms with Gasteiger partial charge < -0.3 is 15.5 Å². The SMILES string of the molecule is CCN(CC)C(=O)c1ccc(NC(=S)Nc2ccc(C)c(C)c2)cc1. The van der Waals surface area contributed by atoms with Crippen molar-refractivity contribution in [2.75, 3.05) is 23.7 Å². The Morgan fingerprint density at radius 3 is 2.04 bits per heavy atom. The quantitative estimate of drug-likeness (QED) is 0.770. The van der Waals surface area contributed by atoms with Gasteiger partial charge in [0.25, 0.3) is 5.91 Å². The summed E-state index contributed by atoms with van der Waals surface area (Å²) in [5.41, 5.74) is 4.94. The van der Waals surface area contributed by atoms with Gasteiger partial charge in [0.1, 0.15) is 0 Å². The van der Waals surface area contributed by atoms with Gasteiger partial charge in [-0.15, -0.1) is 0 Å². The van der Waals surface area contributed by atoms with Crippen LogP contribution in [0.25, 0.3) is 0 Å². The molecule has 5 heteroatoms. The molecule has 132 valence electrons. The first-order valence-corrected chi connectivity index (χ1v) is 8.90. The van der Waals surface area contributed by atoms with Crippen LogP contribution in [0, 0.1) is 13.8 Å². The Bertz CT molecular complexity index is 752. The molecule has 0 saturated carbocycles. The normalized spacial score (nSPS) is 10.2. The number of carbonyl (C=O) groups excluding carboxylic acids is 1. The highest BCUT2D eigenvalue weighted by molar-refractivity contribution is 7.80. The van der Waals surface area contributed by atoms with Gasteiger partial charge in [-0.2, -0.15) is 0 Å². The third-order valence-corrected chi connectivity index (χ3v) is 4.41. The van der Waals surface area contributed by atoms with Gasteiger partial charge in [0.2, 0.25) is 0 Å². The third-order valence-electron chi connectivity index (χ3n) is 4.21. The van der Waals surface area contributed by atoms with Crippen molar-refractivity contribution in [2.45, 2.75) is 27.7 Å². The summed E-state index contributed by atoms with van der Waals surface area (Å²) in [6.45, 7) is 9.53. The Morgan fingerprint density at radius 2 is 1.48 bits per heavy atom. The Hall–Kier alpha value is -2.40. The van der Waals surface area contributed by atoms with E-state index in [9.17, 15) is 4.79 Å². The highest BCUT2D eigenvalue weighted by Gasteiger charge is 2.12. The highest BCUT2D eigenvalue weighted by atomic mass is 32.1. The molecule has 0 saturated heterocycles. The maximum atomic E-state index is 12.3. The molecule has 4 nitrogen and oxygen atoms in total. The van der Waals surface area contributed by atoms with Crippen molar-refractivity contribution >= 4 is 34.6 Å². The standard InChI is InChI=1S/C20H25N3OS/c1-5-23(6-2)19(24)16-8-11-17(12-9-16)21-20(25)22-18-10-7-14(3)15(4)13-18/h7-13H,5-6H2,1-4H3,(H2,21,22,25). The fourth-order valence-electron chi connectivity index (χ4n) is 2.50. The molecule has 25 heavy (non-hydrogen) atoms. The van der Waals surface area contributed by atoms with Crippen LogP contribution in [0.4, 0.5) is 11.4 Å². The van der Waals surface area contributed by atoms with Crippen LogP contribution in [0.1, 0.15) is 35.3 Å². The summed E-state index contributed by atoms with van der Waals surface area (Å²) in [7, 11) is 0. The summed E-state index contributed by atoms with van der Waals surface area (Å²) < 4.78 is 0. The summed E-state index contributed by atoms with van der Waals surface area (Å²) in [4.78, 5) is 14.1. The fourth-order valence-corrected chi connectivity index (χ4v) is 2.74. The third kappa shape index (κ3) is 5.03. The van der Waals surface area contributed by atoms with Crippen LogP contribution in [0.5, 0.6) is 0 Å². The van der Waals surface area contributed by atoms with E-state index in [2.05, 4.69) is 36.6 Å². The second kappa shape index (κ2) is 8.62. The van der Waals surface area contributed by atoms with E-state index in [1.165, 1.54) is 11.1 Å². The largest absolute Gasteiger partial charge is 0.339 e. The van der Waals surface area contributed by atoms with E-state index in [4.69, 9.17) is 12.2 Å². The zero-order valence-electron chi connectivity index (χ0n) is 15.2. The molecule has 1 amide bonds. The average molecular weight is 356 g/mol. The number of nitrogens with zero attached hydrogens (tertiary/aromatic N) is 1. The molecule has 0 aliphatic rings. The van der Waals surface area contributed by atoms with Crippen molar-refractivity contribution in [3.8, 4) is 0 Å². The number of aryl methyl sites for hydroxylation is 2. The van der Waals surface area contributed by atoms with Gasteiger partial charge in [0, 0.05) is 30.0 Å². The average Bonchev–Trinajstić information content (AvgIpc) is 2.59. The summed E-state index contributed by atoms with van der Waals surface area (Å²) in [5.74, 6) is 0.0485. The minimum atomic E-state index is 0.0485. The molecule has 0 aliphatic heterocycles. The van der Waals surface area contributed by atoms with Gasteiger partial charge in [-0.1, -0.05) is 6.07 Å². The Labute approximate surface area is 155 Å². The molecule has 2 aromatic carbocycles. The maximum absolute atomic E-state index is 12.3. The summed E-state index contributed by atoms with van der Waals surface area (Å²) in [6.07, 6.45) is 0. The van der Waals surface area contributed by atoms with Crippen molar-refractivity contribution in [2.24, 2.45) is 0 Å². The van der Waals surface area contributed by atoms with Crippen LogP contribution in [-0.2, 0) is 0 Å². The minimum Gasteiger partial charge on any atom is -0.339 e. The Balaban J connectivity index is 1.99. The predicted octanol–water partition coefficient (Wildman–Crippen LogP) is 4.59. The monoisotopic (exact) mass is 355 g/mol. The molecule has 0 heterocycles. The van der Waals surface area contributed by atoms with Crippen LogP contribution in [0.2, 0.25) is 0 Å². The van der Waals surface area contributed by atoms with E-state index in [1.807, 2.05) is 44.2 Å². The van der Waals surface area contributed by atoms with E-state index >= 15 is 0 Å². The van der Waals surface area contributed by atoms with Gasteiger partial charge in [0.05, 0.1) is 0 Å². The minimum absolute atomic E-state index is 0.0485. The first-order chi connectivity index (χ1) is 11.9. The second-order valence-electron chi connectivity index (χ2n) is 5.93. The lowest BCUT2D eigenvalue weighted by Crippen LogP contribution is -2.30. The molecule has 0 radical (unpaired) electrons. The fraction of sp³-hybridized carbons (Fsp3) is 0.300. The smallest absolute Gasteiger partial charge is 0.253 e. The van der Waals surface area contributed by atoms with Crippen LogP contribution in [-0.4, -0.2) is 29.0 Å². The molecular weight excluding hydrogens is 330 g/mol. The van der Waals surface area contributed by atoms with E-state index in [-0.39, 0.29) is 5.91 Å². The van der Waals surface area contributed by atoms with Gasteiger partial charge in [0.15, 0.2) is 5.11 Å². The summed E-state index contributed by atoms with van der Waals surface area (Å²) in [5, 5.41) is 6.84. The Kier molecular flexibility index (Phi) is 6.53. The number of anilines is 2. The summed E-state index contributed by atoms with van der Waals surface area (Å²) >= 11 is 5.36. The van der Waals surface area contributed by atoms with E-state index in [0.717, 1.165) is 11.4 Å². The van der Waals surface area contributed by atoms with E-state index < -0.39 is 0 Å². The summed E-state index contributed by atoms with van der Waals surface area (Å²) in [6, 6.07) is 13.5. The molecule has 2 aromatic rings. The van der Waals surface area contributed by atoms with Crippen molar-refractivity contribution < 1.29 is 4.79 Å².